The Bertz CT molecular complexity index is 1840. The molecule has 6 aliphatic rings. The van der Waals surface area contributed by atoms with Gasteiger partial charge in [-0.25, -0.2) is 4.79 Å². The molecule has 2 aromatic rings. The number of furan rings is 1. The first-order valence-corrected chi connectivity index (χ1v) is 17.8. The second kappa shape index (κ2) is 11.3. The fourth-order valence-electron chi connectivity index (χ4n) is 12.0. The molecule has 6 fully saturated rings. The molecule has 2 bridgehead atoms. The van der Waals surface area contributed by atoms with Crippen LogP contribution in [0.3, 0.4) is 0 Å². The van der Waals surface area contributed by atoms with Crippen LogP contribution in [0, 0.1) is 33.5 Å². The molecule has 278 valence electrons. The van der Waals surface area contributed by atoms with E-state index in [0.717, 1.165) is 5.56 Å². The molecular weight excluding hydrogens is 676 g/mol. The molecule has 13 nitrogen and oxygen atoms in total. The van der Waals surface area contributed by atoms with Crippen LogP contribution in [0.1, 0.15) is 70.9 Å². The predicted molar refractivity (Wildman–Crippen MR) is 177 cm³/mol. The Morgan fingerprint density at radius 3 is 2.35 bits per heavy atom. The molecule has 13 heteroatoms. The zero-order chi connectivity index (χ0) is 37.2. The summed E-state index contributed by atoms with van der Waals surface area (Å²) in [5, 5.41) is 37.7. The van der Waals surface area contributed by atoms with Gasteiger partial charge in [0.25, 0.3) is 0 Å². The summed E-state index contributed by atoms with van der Waals surface area (Å²) < 4.78 is 36.1. The molecule has 2 saturated heterocycles. The molecular formula is C39H44O13. The number of hydrogen-bond donors (Lipinski definition) is 3. The van der Waals surface area contributed by atoms with Gasteiger partial charge in [-0.05, 0) is 42.5 Å². The molecule has 52 heavy (non-hydrogen) atoms. The summed E-state index contributed by atoms with van der Waals surface area (Å²) in [4.78, 5) is 54.8. The lowest BCUT2D eigenvalue weighted by Crippen LogP contribution is -2.85. The number of epoxide rings is 1. The van der Waals surface area contributed by atoms with Crippen LogP contribution in [0.2, 0.25) is 0 Å². The number of ether oxygens (including phenoxy) is 5. The van der Waals surface area contributed by atoms with Crippen LogP contribution in [0.5, 0.6) is 0 Å². The van der Waals surface area contributed by atoms with Gasteiger partial charge in [0.05, 0.1) is 47.6 Å². The number of aliphatic hydroxyl groups excluding tert-OH is 2. The Kier molecular flexibility index (Phi) is 7.65. The molecule has 3 N–H and O–H groups in total. The summed E-state index contributed by atoms with van der Waals surface area (Å²) in [6.45, 7) is 7.39. The van der Waals surface area contributed by atoms with E-state index in [0.29, 0.717) is 12.0 Å². The minimum Gasteiger partial charge on any atom is -0.472 e. The fraction of sp³-hybridized carbons (Fsp3) is 0.590. The number of carbonyl (C=O) groups excluding carboxylic acids is 4. The van der Waals surface area contributed by atoms with Crippen molar-refractivity contribution in [3.05, 3.63) is 66.1 Å². The Labute approximate surface area is 300 Å². The number of esters is 3. The monoisotopic (exact) mass is 720 g/mol. The van der Waals surface area contributed by atoms with Crippen LogP contribution in [0.15, 0.2) is 59.4 Å². The second-order valence-corrected chi connectivity index (χ2v) is 16.2. The molecule has 4 saturated carbocycles. The molecule has 0 radical (unpaired) electrons. The van der Waals surface area contributed by atoms with Crippen molar-refractivity contribution in [3.63, 3.8) is 0 Å². The summed E-state index contributed by atoms with van der Waals surface area (Å²) in [5.74, 6) is -8.52. The maximum Gasteiger partial charge on any atom is 0.333 e. The quantitative estimate of drug-likeness (QED) is 0.130. The van der Waals surface area contributed by atoms with Crippen LogP contribution < -0.4 is 0 Å². The van der Waals surface area contributed by atoms with Crippen LogP contribution in [-0.2, 0) is 42.9 Å². The van der Waals surface area contributed by atoms with Crippen molar-refractivity contribution < 1.29 is 62.6 Å². The smallest absolute Gasteiger partial charge is 0.333 e. The molecule has 1 aromatic carbocycles. The van der Waals surface area contributed by atoms with Gasteiger partial charge in [-0.3, -0.25) is 14.4 Å². The number of benzene rings is 1. The highest BCUT2D eigenvalue weighted by molar-refractivity contribution is 5.93. The van der Waals surface area contributed by atoms with E-state index in [4.69, 9.17) is 28.1 Å². The average Bonchev–Trinajstić information content (AvgIpc) is 3.44. The number of carbonyl (C=O) groups is 4. The molecule has 2 aliphatic heterocycles. The molecule has 4 aliphatic carbocycles. The van der Waals surface area contributed by atoms with Crippen LogP contribution in [0.25, 0.3) is 6.08 Å². The van der Waals surface area contributed by atoms with Gasteiger partial charge in [-0.15, -0.1) is 0 Å². The lowest BCUT2D eigenvalue weighted by atomic mass is 9.32. The van der Waals surface area contributed by atoms with Crippen molar-refractivity contribution in [2.24, 2.45) is 33.5 Å². The molecule has 1 spiro atoms. The average molecular weight is 721 g/mol. The zero-order valence-electron chi connectivity index (χ0n) is 29.6. The number of fused-ring (bicyclic) bond motifs is 1. The topological polar surface area (TPSA) is 192 Å². The standard InChI is InChI=1S/C39H44O13/c1-20(40)49-27-16-26(42)38-25(34(27,3)19-48-33(38)45)17-37(46,52-29(43)12-11-22-9-7-6-8-10-22)36(5)31(38)30(44)32(50-21(2)41)35(4)24(23-13-14-47-18-23)15-28-39(35,36)51-28/h6-14,18,24-28,31-33,42,45-46H,15-17,19H2,1-5H3/b12-11+/t24-,25+,26-,27+,28+,31-,32-,33+,34-,35+,36+,37+,38+,39-/m0/s1. The van der Waals surface area contributed by atoms with Crippen molar-refractivity contribution in [1.82, 2.24) is 0 Å². The van der Waals surface area contributed by atoms with Gasteiger partial charge in [0.2, 0.25) is 5.79 Å². The van der Waals surface area contributed by atoms with E-state index in [2.05, 4.69) is 0 Å². The maximum atomic E-state index is 15.6. The number of Topliss-reactive ketones (excluding diaryl/α,β-unsaturated/α-hetero) is 1. The first-order valence-electron chi connectivity index (χ1n) is 17.8. The highest BCUT2D eigenvalue weighted by Gasteiger charge is 2.96. The summed E-state index contributed by atoms with van der Waals surface area (Å²) in [6.07, 6.45) is -0.778. The minimum atomic E-state index is -2.49. The van der Waals surface area contributed by atoms with Crippen LogP contribution in [-0.4, -0.2) is 87.7 Å². The van der Waals surface area contributed by atoms with Crippen molar-refractivity contribution in [2.75, 3.05) is 6.61 Å². The highest BCUT2D eigenvalue weighted by atomic mass is 16.7. The Morgan fingerprint density at radius 2 is 1.69 bits per heavy atom. The zero-order valence-corrected chi connectivity index (χ0v) is 29.6. The van der Waals surface area contributed by atoms with Gasteiger partial charge >= 0.3 is 17.9 Å². The Balaban J connectivity index is 1.36. The molecule has 0 unspecified atom stereocenters. The second-order valence-electron chi connectivity index (χ2n) is 16.2. The Hall–Kier alpha value is -3.88. The minimum absolute atomic E-state index is 0.157. The number of hydrogen-bond acceptors (Lipinski definition) is 13. The molecule has 8 rings (SSSR count). The largest absolute Gasteiger partial charge is 0.472 e. The van der Waals surface area contributed by atoms with Crippen molar-refractivity contribution >= 4 is 29.8 Å². The third kappa shape index (κ3) is 4.17. The van der Waals surface area contributed by atoms with E-state index >= 15 is 4.79 Å². The number of aliphatic hydroxyl groups is 3. The highest BCUT2D eigenvalue weighted by Crippen LogP contribution is 2.84. The van der Waals surface area contributed by atoms with Crippen LogP contribution in [0.4, 0.5) is 0 Å². The summed E-state index contributed by atoms with van der Waals surface area (Å²) >= 11 is 0. The van der Waals surface area contributed by atoms with Gasteiger partial charge in [-0.1, -0.05) is 44.2 Å². The summed E-state index contributed by atoms with van der Waals surface area (Å²) in [6, 6.07) is 10.8. The van der Waals surface area contributed by atoms with Gasteiger partial charge in [0.1, 0.15) is 11.7 Å². The number of ketones is 1. The van der Waals surface area contributed by atoms with Gasteiger partial charge in [0.15, 0.2) is 18.2 Å². The van der Waals surface area contributed by atoms with Crippen molar-refractivity contribution in [2.45, 2.75) is 102 Å². The van der Waals surface area contributed by atoms with E-state index in [1.54, 1.807) is 57.4 Å². The summed E-state index contributed by atoms with van der Waals surface area (Å²) in [7, 11) is 0. The van der Waals surface area contributed by atoms with Crippen LogP contribution >= 0.6 is 0 Å². The van der Waals surface area contributed by atoms with Crippen molar-refractivity contribution in [1.29, 1.82) is 0 Å². The third-order valence-electron chi connectivity index (χ3n) is 14.1. The van der Waals surface area contributed by atoms with Crippen molar-refractivity contribution in [3.8, 4) is 0 Å². The third-order valence-corrected chi connectivity index (χ3v) is 14.1. The SMILES string of the molecule is CC(=O)O[C@@H]1C[C@H](O)[C@]23[C@H](O)OC[C@@]1(C)[C@H]2C[C@@](O)(OC(=O)/C=C/c1ccccc1)[C@@]1(C)[C@@H]3C(=O)[C@H](OC(C)=O)[C@@]2(C)[C@H](c3ccoc3)C[C@H]3O[C@@]321. The van der Waals surface area contributed by atoms with E-state index in [1.807, 2.05) is 6.07 Å². The lowest BCUT2D eigenvalue weighted by Gasteiger charge is -2.74. The summed E-state index contributed by atoms with van der Waals surface area (Å²) in [5.41, 5.74) is -6.36. The van der Waals surface area contributed by atoms with E-state index in [1.165, 1.54) is 32.3 Å². The fourth-order valence-corrected chi connectivity index (χ4v) is 12.0. The first kappa shape index (κ1) is 35.2. The lowest BCUT2D eigenvalue weighted by molar-refractivity contribution is -0.422. The molecule has 3 heterocycles. The van der Waals surface area contributed by atoms with Gasteiger partial charge in [-0.2, -0.15) is 0 Å². The predicted octanol–water partition coefficient (Wildman–Crippen LogP) is 3.05. The van der Waals surface area contributed by atoms with Gasteiger partial charge in [0, 0.05) is 50.0 Å². The number of rotatable bonds is 6. The molecule has 1 aromatic heterocycles. The Morgan fingerprint density at radius 1 is 0.981 bits per heavy atom. The van der Waals surface area contributed by atoms with E-state index < -0.39 is 105 Å². The molecule has 0 amide bonds. The van der Waals surface area contributed by atoms with E-state index in [9.17, 15) is 29.7 Å². The first-order chi connectivity index (χ1) is 24.5. The normalized spacial score (nSPS) is 47.0. The van der Waals surface area contributed by atoms with E-state index in [-0.39, 0.29) is 19.4 Å². The molecule has 14 atom stereocenters. The maximum absolute atomic E-state index is 15.6. The van der Waals surface area contributed by atoms with Gasteiger partial charge < -0.3 is 43.4 Å².